The Morgan fingerprint density at radius 2 is 1.80 bits per heavy atom. The highest BCUT2D eigenvalue weighted by atomic mass is 35.5. The van der Waals surface area contributed by atoms with E-state index < -0.39 is 26.2 Å². The zero-order chi connectivity index (χ0) is 29.1. The minimum absolute atomic E-state index is 0.0157. The predicted molar refractivity (Wildman–Crippen MR) is 156 cm³/mol. The molecule has 0 unspecified atom stereocenters. The van der Waals surface area contributed by atoms with Crippen LogP contribution in [-0.2, 0) is 16.6 Å². The Hall–Kier alpha value is -3.84. The number of fused-ring (bicyclic) bond motifs is 1. The first-order chi connectivity index (χ1) is 19.7. The monoisotopic (exact) mass is 597 g/mol. The van der Waals surface area contributed by atoms with Crippen LogP contribution in [0.15, 0.2) is 70.4 Å². The molecule has 0 atom stereocenters. The topological polar surface area (TPSA) is 139 Å². The lowest BCUT2D eigenvalue weighted by Gasteiger charge is -2.34. The van der Waals surface area contributed by atoms with Crippen molar-refractivity contribution < 1.29 is 18.1 Å². The molecule has 1 aliphatic rings. The molecule has 0 spiro atoms. The van der Waals surface area contributed by atoms with Crippen LogP contribution >= 0.6 is 11.6 Å². The standard InChI is InChI=1S/C28H28ClN5O6S/c1-2-14-40-26-9-8-20(41(38,39)33-12-10-32(11-13-33)18-19-6-4-3-5-7-19)15-22(26)27-30-24-17-23(29)25(34(36)37)16-21(24)28(35)31-27/h3-9,15-17H,2,10-14,18H2,1H3,(H,30,31,35). The highest BCUT2D eigenvalue weighted by molar-refractivity contribution is 7.89. The van der Waals surface area contributed by atoms with Gasteiger partial charge >= 0.3 is 0 Å². The molecule has 41 heavy (non-hydrogen) atoms. The lowest BCUT2D eigenvalue weighted by Crippen LogP contribution is -2.48. The van der Waals surface area contributed by atoms with Crippen LogP contribution in [0.3, 0.4) is 0 Å². The maximum Gasteiger partial charge on any atom is 0.288 e. The average molecular weight is 598 g/mol. The molecule has 11 nitrogen and oxygen atoms in total. The highest BCUT2D eigenvalue weighted by Gasteiger charge is 2.30. The van der Waals surface area contributed by atoms with E-state index in [1.54, 1.807) is 6.07 Å². The van der Waals surface area contributed by atoms with E-state index in [0.717, 1.165) is 12.6 Å². The first kappa shape index (κ1) is 28.7. The molecule has 1 fully saturated rings. The second-order valence-corrected chi connectivity index (χ2v) is 12.0. The fraction of sp³-hybridized carbons (Fsp3) is 0.286. The molecule has 1 aromatic heterocycles. The first-order valence-corrected chi connectivity index (χ1v) is 14.9. The van der Waals surface area contributed by atoms with Crippen LogP contribution in [0.2, 0.25) is 5.02 Å². The van der Waals surface area contributed by atoms with Gasteiger partial charge in [0.2, 0.25) is 10.0 Å². The van der Waals surface area contributed by atoms with Gasteiger partial charge < -0.3 is 9.72 Å². The van der Waals surface area contributed by atoms with Gasteiger partial charge in [0, 0.05) is 38.8 Å². The van der Waals surface area contributed by atoms with Gasteiger partial charge in [-0.1, -0.05) is 48.9 Å². The molecule has 0 amide bonds. The minimum Gasteiger partial charge on any atom is -0.493 e. The van der Waals surface area contributed by atoms with Crippen molar-refractivity contribution in [1.82, 2.24) is 19.2 Å². The van der Waals surface area contributed by atoms with Crippen LogP contribution < -0.4 is 10.3 Å². The van der Waals surface area contributed by atoms with Crippen molar-refractivity contribution in [3.63, 3.8) is 0 Å². The SMILES string of the molecule is CCCOc1ccc(S(=O)(=O)N2CCN(Cc3ccccc3)CC2)cc1-c1nc2cc(Cl)c([N+](=O)[O-])cc2c(=O)[nH]1. The smallest absolute Gasteiger partial charge is 0.288 e. The molecule has 13 heteroatoms. The number of piperazine rings is 1. The number of sulfonamides is 1. The summed E-state index contributed by atoms with van der Waals surface area (Å²) in [5, 5.41) is 11.1. The van der Waals surface area contributed by atoms with Crippen molar-refractivity contribution in [1.29, 1.82) is 0 Å². The van der Waals surface area contributed by atoms with Gasteiger partial charge in [-0.2, -0.15) is 4.31 Å². The molecular formula is C28H28ClN5O6S. The quantitative estimate of drug-likeness (QED) is 0.221. The highest BCUT2D eigenvalue weighted by Crippen LogP contribution is 2.33. The molecule has 0 saturated carbocycles. The number of aromatic nitrogens is 2. The average Bonchev–Trinajstić information content (AvgIpc) is 2.96. The lowest BCUT2D eigenvalue weighted by atomic mass is 10.1. The first-order valence-electron chi connectivity index (χ1n) is 13.1. The zero-order valence-corrected chi connectivity index (χ0v) is 23.8. The van der Waals surface area contributed by atoms with E-state index in [4.69, 9.17) is 16.3 Å². The largest absolute Gasteiger partial charge is 0.493 e. The summed E-state index contributed by atoms with van der Waals surface area (Å²) in [5.41, 5.74) is 0.528. The summed E-state index contributed by atoms with van der Waals surface area (Å²) in [7, 11) is -3.87. The maximum atomic E-state index is 13.7. The van der Waals surface area contributed by atoms with Crippen molar-refractivity contribution >= 4 is 38.2 Å². The number of hydrogen-bond acceptors (Lipinski definition) is 8. The summed E-state index contributed by atoms with van der Waals surface area (Å²) in [6.45, 7) is 4.88. The predicted octanol–water partition coefficient (Wildman–Crippen LogP) is 4.45. The van der Waals surface area contributed by atoms with E-state index in [2.05, 4.69) is 14.9 Å². The molecule has 0 aliphatic carbocycles. The Kier molecular flexibility index (Phi) is 8.36. The molecule has 1 saturated heterocycles. The van der Waals surface area contributed by atoms with Gasteiger partial charge in [0.05, 0.1) is 32.9 Å². The number of hydrogen-bond donors (Lipinski definition) is 1. The van der Waals surface area contributed by atoms with Gasteiger partial charge in [0.25, 0.3) is 11.2 Å². The number of aromatic amines is 1. The summed E-state index contributed by atoms with van der Waals surface area (Å²) >= 11 is 6.07. The van der Waals surface area contributed by atoms with Crippen molar-refractivity contribution in [2.45, 2.75) is 24.8 Å². The third-order valence-electron chi connectivity index (χ3n) is 6.86. The zero-order valence-electron chi connectivity index (χ0n) is 22.2. The summed E-state index contributed by atoms with van der Waals surface area (Å²) in [4.78, 5) is 32.9. The number of benzene rings is 3. The van der Waals surface area contributed by atoms with Gasteiger partial charge in [-0.3, -0.25) is 19.8 Å². The van der Waals surface area contributed by atoms with Gasteiger partial charge in [0.15, 0.2) is 0 Å². The molecule has 214 valence electrons. The molecule has 4 aromatic rings. The summed E-state index contributed by atoms with van der Waals surface area (Å²) in [5.74, 6) is 0.400. The van der Waals surface area contributed by atoms with E-state index in [1.165, 1.54) is 28.1 Å². The number of nitro groups is 1. The van der Waals surface area contributed by atoms with Crippen molar-refractivity contribution in [2.24, 2.45) is 0 Å². The van der Waals surface area contributed by atoms with Crippen LogP contribution in [-0.4, -0.2) is 65.3 Å². The molecular weight excluding hydrogens is 570 g/mol. The van der Waals surface area contributed by atoms with Crippen LogP contribution in [0.4, 0.5) is 5.69 Å². The van der Waals surface area contributed by atoms with Crippen LogP contribution in [0.5, 0.6) is 5.75 Å². The van der Waals surface area contributed by atoms with E-state index in [0.29, 0.717) is 45.0 Å². The molecule has 1 aliphatic heterocycles. The van der Waals surface area contributed by atoms with E-state index in [-0.39, 0.29) is 32.2 Å². The Morgan fingerprint density at radius 1 is 1.07 bits per heavy atom. The number of nitro benzene ring substituents is 1. The second kappa shape index (κ2) is 12.0. The third-order valence-corrected chi connectivity index (χ3v) is 9.05. The molecule has 3 aromatic carbocycles. The fourth-order valence-electron chi connectivity index (χ4n) is 4.73. The number of ether oxygens (including phenoxy) is 1. The maximum absolute atomic E-state index is 13.7. The van der Waals surface area contributed by atoms with E-state index in [1.807, 2.05) is 37.3 Å². The van der Waals surface area contributed by atoms with Crippen LogP contribution in [0, 0.1) is 10.1 Å². The number of H-pyrrole nitrogens is 1. The van der Waals surface area contributed by atoms with Crippen LogP contribution in [0.1, 0.15) is 18.9 Å². The molecule has 0 bridgehead atoms. The Balaban J connectivity index is 1.47. The number of nitrogens with one attached hydrogen (secondary N) is 1. The molecule has 2 heterocycles. The number of halogens is 1. The Bertz CT molecular complexity index is 1760. The summed E-state index contributed by atoms with van der Waals surface area (Å²) in [6, 6.07) is 16.8. The third kappa shape index (κ3) is 6.10. The number of rotatable bonds is 9. The second-order valence-electron chi connectivity index (χ2n) is 9.66. The van der Waals surface area contributed by atoms with Crippen molar-refractivity contribution in [3.05, 3.63) is 91.7 Å². The minimum atomic E-state index is -3.87. The fourth-order valence-corrected chi connectivity index (χ4v) is 6.40. The van der Waals surface area contributed by atoms with Gasteiger partial charge in [-0.15, -0.1) is 0 Å². The molecule has 5 rings (SSSR count). The summed E-state index contributed by atoms with van der Waals surface area (Å²) in [6.07, 6.45) is 0.702. The molecule has 0 radical (unpaired) electrons. The molecule has 1 N–H and O–H groups in total. The normalized spacial score (nSPS) is 14.8. The Morgan fingerprint density at radius 3 is 2.49 bits per heavy atom. The van der Waals surface area contributed by atoms with Gasteiger partial charge in [0.1, 0.15) is 16.6 Å². The number of nitrogens with zero attached hydrogens (tertiary/aromatic N) is 4. The van der Waals surface area contributed by atoms with E-state index in [9.17, 15) is 23.3 Å². The lowest BCUT2D eigenvalue weighted by molar-refractivity contribution is -0.384. The van der Waals surface area contributed by atoms with Crippen molar-refractivity contribution in [2.75, 3.05) is 32.8 Å². The van der Waals surface area contributed by atoms with E-state index >= 15 is 0 Å². The summed E-state index contributed by atoms with van der Waals surface area (Å²) < 4.78 is 34.7. The Labute approximate surface area is 241 Å². The van der Waals surface area contributed by atoms with Gasteiger partial charge in [-0.05, 0) is 36.2 Å². The van der Waals surface area contributed by atoms with Crippen molar-refractivity contribution in [3.8, 4) is 17.1 Å². The van der Waals surface area contributed by atoms with Gasteiger partial charge in [-0.25, -0.2) is 13.4 Å². The van der Waals surface area contributed by atoms with Crippen LogP contribution in [0.25, 0.3) is 22.3 Å².